The molecular weight excluding hydrogens is 278 g/mol. The summed E-state index contributed by atoms with van der Waals surface area (Å²) in [5, 5.41) is 9.38. The van der Waals surface area contributed by atoms with Gasteiger partial charge in [0.05, 0.1) is 11.1 Å². The first-order valence-electron chi connectivity index (χ1n) is 8.20. The summed E-state index contributed by atoms with van der Waals surface area (Å²) in [4.78, 5) is 4.77. The molecule has 3 rings (SSSR count). The average Bonchev–Trinajstić information content (AvgIpc) is 2.93. The second-order valence-electron chi connectivity index (χ2n) is 5.71. The van der Waals surface area contributed by atoms with Crippen molar-refractivity contribution < 1.29 is 4.74 Å². The summed E-state index contributed by atoms with van der Waals surface area (Å²) in [6, 6.07) is 2.60. The number of aryl methyl sites for hydroxylation is 2. The second-order valence-corrected chi connectivity index (χ2v) is 5.71. The fraction of sp³-hybridized carbons (Fsp3) is 0.625. The lowest BCUT2D eigenvalue weighted by Crippen LogP contribution is -2.28. The molecule has 0 saturated carbocycles. The van der Waals surface area contributed by atoms with E-state index in [1.54, 1.807) is 0 Å². The summed E-state index contributed by atoms with van der Waals surface area (Å²) >= 11 is 0. The third-order valence-electron chi connectivity index (χ3n) is 4.26. The van der Waals surface area contributed by atoms with Crippen LogP contribution in [0.5, 0.6) is 0 Å². The lowest BCUT2D eigenvalue weighted by molar-refractivity contribution is 0.0905. The van der Waals surface area contributed by atoms with Crippen molar-refractivity contribution in [3.63, 3.8) is 0 Å². The lowest BCUT2D eigenvalue weighted by Gasteiger charge is -2.24. The topological polar surface area (TPSA) is 78.0 Å². The third kappa shape index (κ3) is 2.80. The minimum atomic E-state index is 0.430. The van der Waals surface area contributed by atoms with E-state index in [-0.39, 0.29) is 0 Å². The van der Waals surface area contributed by atoms with Gasteiger partial charge in [0.1, 0.15) is 0 Å². The summed E-state index contributed by atoms with van der Waals surface area (Å²) in [5.41, 5.74) is 9.97. The smallest absolute Gasteiger partial charge is 0.160 e. The summed E-state index contributed by atoms with van der Waals surface area (Å²) in [7, 11) is 0. The van der Waals surface area contributed by atoms with E-state index in [2.05, 4.69) is 30.3 Å². The number of nitrogens with zero attached hydrogens (tertiary/aromatic N) is 3. The van der Waals surface area contributed by atoms with Gasteiger partial charge >= 0.3 is 0 Å². The molecular formula is C16H25N5O. The number of anilines is 1. The quantitative estimate of drug-likeness (QED) is 0.884. The molecule has 0 atom stereocenters. The Morgan fingerprint density at radius 1 is 1.36 bits per heavy atom. The predicted molar refractivity (Wildman–Crippen MR) is 87.9 cm³/mol. The van der Waals surface area contributed by atoms with Crippen molar-refractivity contribution in [3.05, 3.63) is 17.5 Å². The number of nitrogens with two attached hydrogens (primary N) is 1. The van der Waals surface area contributed by atoms with Gasteiger partial charge in [-0.1, -0.05) is 6.92 Å². The van der Waals surface area contributed by atoms with Crippen LogP contribution in [0.15, 0.2) is 6.07 Å². The number of aromatic nitrogens is 3. The number of pyridine rings is 1. The Labute approximate surface area is 131 Å². The largest absolute Gasteiger partial charge is 0.381 e. The highest BCUT2D eigenvalue weighted by Gasteiger charge is 2.19. The zero-order chi connectivity index (χ0) is 15.5. The van der Waals surface area contributed by atoms with Crippen molar-refractivity contribution in [2.75, 3.05) is 18.5 Å². The van der Waals surface area contributed by atoms with E-state index >= 15 is 0 Å². The van der Waals surface area contributed by atoms with Gasteiger partial charge in [0.25, 0.3) is 0 Å². The van der Waals surface area contributed by atoms with Crippen LogP contribution in [0, 0.1) is 0 Å². The van der Waals surface area contributed by atoms with Crippen LogP contribution in [-0.4, -0.2) is 34.0 Å². The normalized spacial score (nSPS) is 16.3. The zero-order valence-electron chi connectivity index (χ0n) is 13.4. The number of rotatable bonds is 5. The van der Waals surface area contributed by atoms with E-state index in [0.717, 1.165) is 67.1 Å². The Kier molecular flexibility index (Phi) is 4.59. The molecule has 0 amide bonds. The maximum absolute atomic E-state index is 5.91. The monoisotopic (exact) mass is 303 g/mol. The van der Waals surface area contributed by atoms with Crippen LogP contribution in [0.4, 0.5) is 5.69 Å². The molecule has 0 spiro atoms. The van der Waals surface area contributed by atoms with Gasteiger partial charge in [-0.25, -0.2) is 9.67 Å². The van der Waals surface area contributed by atoms with Gasteiger partial charge in [-0.05, 0) is 32.3 Å². The Balaban J connectivity index is 2.07. The van der Waals surface area contributed by atoms with Crippen LogP contribution < -0.4 is 11.1 Å². The predicted octanol–water partition coefficient (Wildman–Crippen LogP) is 2.06. The first-order valence-corrected chi connectivity index (χ1v) is 8.20. The van der Waals surface area contributed by atoms with E-state index in [1.807, 2.05) is 4.68 Å². The molecule has 1 aliphatic rings. The maximum Gasteiger partial charge on any atom is 0.160 e. The van der Waals surface area contributed by atoms with Crippen molar-refractivity contribution in [1.29, 1.82) is 0 Å². The molecule has 1 aliphatic heterocycles. The Hall–Kier alpha value is -1.66. The third-order valence-corrected chi connectivity index (χ3v) is 4.26. The molecule has 1 saturated heterocycles. The summed E-state index contributed by atoms with van der Waals surface area (Å²) in [5.74, 6) is 0. The van der Waals surface area contributed by atoms with Crippen molar-refractivity contribution in [2.24, 2.45) is 5.73 Å². The van der Waals surface area contributed by atoms with Gasteiger partial charge in [-0.2, -0.15) is 5.10 Å². The molecule has 3 heterocycles. The Morgan fingerprint density at radius 3 is 2.77 bits per heavy atom. The van der Waals surface area contributed by atoms with Crippen LogP contribution in [0.2, 0.25) is 0 Å². The van der Waals surface area contributed by atoms with E-state index < -0.39 is 0 Å². The van der Waals surface area contributed by atoms with E-state index in [1.165, 1.54) is 0 Å². The van der Waals surface area contributed by atoms with E-state index in [4.69, 9.17) is 15.5 Å². The Morgan fingerprint density at radius 2 is 2.14 bits per heavy atom. The molecule has 22 heavy (non-hydrogen) atoms. The number of nitrogens with one attached hydrogen (secondary N) is 1. The van der Waals surface area contributed by atoms with Gasteiger partial charge in [0, 0.05) is 43.7 Å². The van der Waals surface area contributed by atoms with Crippen LogP contribution in [0.25, 0.3) is 11.0 Å². The summed E-state index contributed by atoms with van der Waals surface area (Å²) in [6.07, 6.45) is 2.97. The highest BCUT2D eigenvalue weighted by atomic mass is 16.5. The first kappa shape index (κ1) is 15.2. The molecule has 2 aromatic heterocycles. The molecule has 3 N–H and O–H groups in total. The average molecular weight is 303 g/mol. The summed E-state index contributed by atoms with van der Waals surface area (Å²) < 4.78 is 7.40. The fourth-order valence-electron chi connectivity index (χ4n) is 3.02. The van der Waals surface area contributed by atoms with Crippen molar-refractivity contribution in [1.82, 2.24) is 14.8 Å². The zero-order valence-corrected chi connectivity index (χ0v) is 13.4. The standard InChI is InChI=1S/C16H25N5O/c1-3-11-9-13(18-12-5-7-22-8-6-12)15-14(10-17)20-21(4-2)16(15)19-11/h9,12H,3-8,10,17H2,1-2H3,(H,18,19). The molecule has 2 aromatic rings. The number of hydrogen-bond acceptors (Lipinski definition) is 5. The van der Waals surface area contributed by atoms with Crippen LogP contribution >= 0.6 is 0 Å². The molecule has 0 bridgehead atoms. The van der Waals surface area contributed by atoms with Crippen LogP contribution in [-0.2, 0) is 24.2 Å². The van der Waals surface area contributed by atoms with Gasteiger partial charge in [-0.3, -0.25) is 0 Å². The minimum Gasteiger partial charge on any atom is -0.381 e. The van der Waals surface area contributed by atoms with Crippen molar-refractivity contribution in [2.45, 2.75) is 52.2 Å². The fourth-order valence-corrected chi connectivity index (χ4v) is 3.02. The Bertz CT molecular complexity index is 646. The number of ether oxygens (including phenoxy) is 1. The molecule has 0 radical (unpaired) electrons. The van der Waals surface area contributed by atoms with Gasteiger partial charge in [0.15, 0.2) is 5.65 Å². The maximum atomic E-state index is 5.91. The molecule has 0 aliphatic carbocycles. The molecule has 6 nitrogen and oxygen atoms in total. The van der Waals surface area contributed by atoms with Crippen molar-refractivity contribution >= 4 is 16.7 Å². The molecule has 120 valence electrons. The highest BCUT2D eigenvalue weighted by molar-refractivity contribution is 5.92. The molecule has 1 fully saturated rings. The first-order chi connectivity index (χ1) is 10.8. The van der Waals surface area contributed by atoms with Gasteiger partial charge in [0.2, 0.25) is 0 Å². The molecule has 0 aromatic carbocycles. The van der Waals surface area contributed by atoms with Crippen LogP contribution in [0.1, 0.15) is 38.1 Å². The number of hydrogen-bond donors (Lipinski definition) is 2. The van der Waals surface area contributed by atoms with Gasteiger partial charge in [-0.15, -0.1) is 0 Å². The van der Waals surface area contributed by atoms with Crippen molar-refractivity contribution in [3.8, 4) is 0 Å². The minimum absolute atomic E-state index is 0.430. The molecule has 0 unspecified atom stereocenters. The van der Waals surface area contributed by atoms with Gasteiger partial charge < -0.3 is 15.8 Å². The number of fused-ring (bicyclic) bond motifs is 1. The summed E-state index contributed by atoms with van der Waals surface area (Å²) in [6.45, 7) is 7.09. The second kappa shape index (κ2) is 6.62. The van der Waals surface area contributed by atoms with E-state index in [9.17, 15) is 0 Å². The molecule has 6 heteroatoms. The van der Waals surface area contributed by atoms with Crippen LogP contribution in [0.3, 0.4) is 0 Å². The highest BCUT2D eigenvalue weighted by Crippen LogP contribution is 2.29. The lowest BCUT2D eigenvalue weighted by atomic mass is 10.1. The van der Waals surface area contributed by atoms with E-state index in [0.29, 0.717) is 12.6 Å². The SMILES string of the molecule is CCc1cc(NC2CCOCC2)c2c(CN)nn(CC)c2n1.